The van der Waals surface area contributed by atoms with Gasteiger partial charge in [-0.3, -0.25) is 9.63 Å². The summed E-state index contributed by atoms with van der Waals surface area (Å²) in [5.74, 6) is 0.0700. The number of halogens is 1. The summed E-state index contributed by atoms with van der Waals surface area (Å²) in [5, 5.41) is 1.34. The van der Waals surface area contributed by atoms with Crippen LogP contribution in [0, 0.1) is 0 Å². The summed E-state index contributed by atoms with van der Waals surface area (Å²) in [4.78, 5) is 29.7. The van der Waals surface area contributed by atoms with Crippen molar-refractivity contribution in [3.05, 3.63) is 40.4 Å². The second kappa shape index (κ2) is 10.3. The van der Waals surface area contributed by atoms with E-state index in [4.69, 9.17) is 9.57 Å². The second-order valence-corrected chi connectivity index (χ2v) is 7.40. The van der Waals surface area contributed by atoms with Crippen LogP contribution in [-0.2, 0) is 25.6 Å². The first-order valence-electron chi connectivity index (χ1n) is 8.22. The van der Waals surface area contributed by atoms with E-state index >= 15 is 0 Å². The Bertz CT molecular complexity index is 652. The molecule has 144 valence electrons. The van der Waals surface area contributed by atoms with Crippen LogP contribution in [0.5, 0.6) is 5.75 Å². The van der Waals surface area contributed by atoms with E-state index in [2.05, 4.69) is 20.7 Å². The van der Waals surface area contributed by atoms with Gasteiger partial charge in [-0.15, -0.1) is 0 Å². The number of ether oxygens (including phenoxy) is 2. The number of esters is 1. The lowest BCUT2D eigenvalue weighted by Crippen LogP contribution is -2.39. The van der Waals surface area contributed by atoms with Gasteiger partial charge in [-0.25, -0.2) is 9.86 Å². The monoisotopic (exact) mass is 427 g/mol. The van der Waals surface area contributed by atoms with Crippen molar-refractivity contribution in [3.63, 3.8) is 0 Å². The molecule has 0 atom stereocenters. The lowest BCUT2D eigenvalue weighted by Gasteiger charge is -2.29. The van der Waals surface area contributed by atoms with Crippen molar-refractivity contribution < 1.29 is 23.9 Å². The van der Waals surface area contributed by atoms with E-state index in [1.807, 2.05) is 39.0 Å². The van der Waals surface area contributed by atoms with E-state index < -0.39 is 11.6 Å². The van der Waals surface area contributed by atoms with Crippen molar-refractivity contribution >= 4 is 27.8 Å². The summed E-state index contributed by atoms with van der Waals surface area (Å²) >= 11 is 3.46. The molecule has 0 aliphatic heterocycles. The molecule has 0 bridgehead atoms. The molecule has 1 amide bonds. The van der Waals surface area contributed by atoms with E-state index in [0.717, 1.165) is 10.0 Å². The van der Waals surface area contributed by atoms with Gasteiger partial charge >= 0.3 is 5.97 Å². The summed E-state index contributed by atoms with van der Waals surface area (Å²) in [6.07, 6.45) is 3.61. The molecule has 0 aliphatic rings. The molecular formula is C19H26BrNO5. The Kier molecular flexibility index (Phi) is 8.81. The quantitative estimate of drug-likeness (QED) is 0.359. The van der Waals surface area contributed by atoms with E-state index in [1.165, 1.54) is 18.2 Å². The fraction of sp³-hybridized carbons (Fsp3) is 0.474. The maximum Gasteiger partial charge on any atom is 0.330 e. The van der Waals surface area contributed by atoms with Crippen LogP contribution in [-0.4, -0.2) is 43.3 Å². The topological polar surface area (TPSA) is 65.1 Å². The van der Waals surface area contributed by atoms with Crippen molar-refractivity contribution in [1.29, 1.82) is 0 Å². The minimum Gasteiger partial charge on any atom is -0.497 e. The van der Waals surface area contributed by atoms with E-state index in [-0.39, 0.29) is 12.3 Å². The third-order valence-corrected chi connectivity index (χ3v) is 3.98. The molecule has 0 N–H and O–H groups in total. The van der Waals surface area contributed by atoms with Crippen molar-refractivity contribution in [2.75, 3.05) is 20.8 Å². The number of nitrogens with zero attached hydrogens (tertiary/aromatic N) is 1. The third-order valence-electron chi connectivity index (χ3n) is 3.21. The smallest absolute Gasteiger partial charge is 0.330 e. The first-order chi connectivity index (χ1) is 12.2. The van der Waals surface area contributed by atoms with E-state index in [1.54, 1.807) is 13.2 Å². The van der Waals surface area contributed by atoms with Gasteiger partial charge in [0.05, 0.1) is 32.8 Å². The molecular weight excluding hydrogens is 402 g/mol. The highest BCUT2D eigenvalue weighted by Gasteiger charge is 2.22. The molecule has 0 aromatic heterocycles. The molecule has 1 rings (SSSR count). The maximum absolute atomic E-state index is 12.7. The number of methoxy groups -OCH3 is 2. The molecule has 0 unspecified atom stereocenters. The molecule has 0 saturated carbocycles. The normalized spacial score (nSPS) is 11.5. The molecule has 0 radical (unpaired) electrons. The zero-order chi connectivity index (χ0) is 19.7. The van der Waals surface area contributed by atoms with Gasteiger partial charge in [-0.1, -0.05) is 22.0 Å². The van der Waals surface area contributed by atoms with Crippen LogP contribution in [0.1, 0.15) is 32.8 Å². The highest BCUT2D eigenvalue weighted by Crippen LogP contribution is 2.24. The van der Waals surface area contributed by atoms with Gasteiger partial charge in [-0.2, -0.15) is 0 Å². The van der Waals surface area contributed by atoms with Gasteiger partial charge in [-0.05, 0) is 51.0 Å². The zero-order valence-electron chi connectivity index (χ0n) is 15.9. The van der Waals surface area contributed by atoms with Gasteiger partial charge in [0.2, 0.25) is 0 Å². The number of rotatable bonds is 8. The molecule has 26 heavy (non-hydrogen) atoms. The predicted octanol–water partition coefficient (Wildman–Crippen LogP) is 3.68. The maximum atomic E-state index is 12.7. The fourth-order valence-electron chi connectivity index (χ4n) is 2.06. The Hall–Kier alpha value is -1.86. The minimum absolute atomic E-state index is 0.161. The van der Waals surface area contributed by atoms with Gasteiger partial charge in [0, 0.05) is 10.5 Å². The standard InChI is InChI=1S/C19H26BrNO5/c1-19(2,3)26-21(11-7-6-8-18(23)25-5)17(22)13-14-12-15(24-4)9-10-16(14)20/h6,8-10,12H,7,11,13H2,1-5H3. The van der Waals surface area contributed by atoms with Crippen molar-refractivity contribution in [1.82, 2.24) is 5.06 Å². The van der Waals surface area contributed by atoms with Crippen LogP contribution in [0.3, 0.4) is 0 Å². The lowest BCUT2D eigenvalue weighted by molar-refractivity contribution is -0.226. The molecule has 6 nitrogen and oxygen atoms in total. The van der Waals surface area contributed by atoms with E-state index in [9.17, 15) is 9.59 Å². The van der Waals surface area contributed by atoms with Crippen LogP contribution >= 0.6 is 15.9 Å². The van der Waals surface area contributed by atoms with Crippen LogP contribution in [0.15, 0.2) is 34.8 Å². The number of amides is 1. The Labute approximate surface area is 163 Å². The van der Waals surface area contributed by atoms with Gasteiger partial charge in [0.15, 0.2) is 0 Å². The molecule has 0 saturated heterocycles. The predicted molar refractivity (Wildman–Crippen MR) is 103 cm³/mol. The average molecular weight is 428 g/mol. The van der Waals surface area contributed by atoms with Crippen LogP contribution in [0.4, 0.5) is 0 Å². The number of hydrogen-bond acceptors (Lipinski definition) is 5. The largest absolute Gasteiger partial charge is 0.497 e. The molecule has 7 heteroatoms. The van der Waals surface area contributed by atoms with Crippen LogP contribution in [0.25, 0.3) is 0 Å². The Morgan fingerprint density at radius 3 is 2.50 bits per heavy atom. The van der Waals surface area contributed by atoms with E-state index in [0.29, 0.717) is 18.7 Å². The van der Waals surface area contributed by atoms with Crippen LogP contribution in [0.2, 0.25) is 0 Å². The third kappa shape index (κ3) is 8.01. The molecule has 1 aromatic carbocycles. The summed E-state index contributed by atoms with van der Waals surface area (Å²) in [6.45, 7) is 5.95. The van der Waals surface area contributed by atoms with Crippen molar-refractivity contribution in [2.45, 2.75) is 39.2 Å². The van der Waals surface area contributed by atoms with Crippen molar-refractivity contribution in [3.8, 4) is 5.75 Å². The van der Waals surface area contributed by atoms with Gasteiger partial charge in [0.1, 0.15) is 5.75 Å². The highest BCUT2D eigenvalue weighted by atomic mass is 79.9. The number of hydrogen-bond donors (Lipinski definition) is 0. The highest BCUT2D eigenvalue weighted by molar-refractivity contribution is 9.10. The summed E-state index contributed by atoms with van der Waals surface area (Å²) in [7, 11) is 2.90. The van der Waals surface area contributed by atoms with Crippen molar-refractivity contribution in [2.24, 2.45) is 0 Å². The molecule has 1 aromatic rings. The zero-order valence-corrected chi connectivity index (χ0v) is 17.5. The van der Waals surface area contributed by atoms with Gasteiger partial charge in [0.25, 0.3) is 5.91 Å². The molecule has 0 fully saturated rings. The average Bonchev–Trinajstić information content (AvgIpc) is 2.58. The minimum atomic E-state index is -0.521. The SMILES string of the molecule is COC(=O)C=CCCN(OC(C)(C)C)C(=O)Cc1cc(OC)ccc1Br. The number of hydroxylamine groups is 2. The first kappa shape index (κ1) is 22.2. The summed E-state index contributed by atoms with van der Waals surface area (Å²) in [5.41, 5.74) is 0.287. The molecule has 0 spiro atoms. The van der Waals surface area contributed by atoms with Crippen LogP contribution < -0.4 is 4.74 Å². The Morgan fingerprint density at radius 2 is 1.92 bits per heavy atom. The summed E-state index contributed by atoms with van der Waals surface area (Å²) in [6, 6.07) is 5.48. The fourth-order valence-corrected chi connectivity index (χ4v) is 2.44. The number of benzene rings is 1. The summed E-state index contributed by atoms with van der Waals surface area (Å²) < 4.78 is 10.6. The number of carbonyl (C=O) groups excluding carboxylic acids is 2. The Morgan fingerprint density at radius 1 is 1.23 bits per heavy atom. The Balaban J connectivity index is 2.84. The first-order valence-corrected chi connectivity index (χ1v) is 9.02. The molecule has 0 heterocycles. The van der Waals surface area contributed by atoms with Gasteiger partial charge < -0.3 is 9.47 Å². The number of carbonyl (C=O) groups is 2. The lowest BCUT2D eigenvalue weighted by atomic mass is 10.1. The molecule has 0 aliphatic carbocycles. The second-order valence-electron chi connectivity index (χ2n) is 6.55.